The van der Waals surface area contributed by atoms with E-state index in [9.17, 15) is 13.2 Å². The van der Waals surface area contributed by atoms with Gasteiger partial charge >= 0.3 is 6.18 Å². The lowest BCUT2D eigenvalue weighted by Gasteiger charge is -2.39. The molecule has 0 aliphatic carbocycles. The minimum atomic E-state index is -4.21. The van der Waals surface area contributed by atoms with Crippen LogP contribution in [0.15, 0.2) is 23.3 Å². The molecule has 1 fully saturated rings. The summed E-state index contributed by atoms with van der Waals surface area (Å²) in [6, 6.07) is 2.27. The Balaban J connectivity index is 2.01. The van der Waals surface area contributed by atoms with Crippen LogP contribution in [0.3, 0.4) is 0 Å². The zero-order chi connectivity index (χ0) is 21.3. The first-order valence-electron chi connectivity index (χ1n) is 9.76. The van der Waals surface area contributed by atoms with Gasteiger partial charge in [-0.2, -0.15) is 13.2 Å². The molecule has 0 amide bonds. The van der Waals surface area contributed by atoms with Crippen LogP contribution in [-0.4, -0.2) is 86.0 Å². The summed E-state index contributed by atoms with van der Waals surface area (Å²) in [7, 11) is 1.60. The lowest BCUT2D eigenvalue weighted by Crippen LogP contribution is -2.56. The van der Waals surface area contributed by atoms with Gasteiger partial charge in [-0.15, -0.1) is 0 Å². The Morgan fingerprint density at radius 3 is 2.62 bits per heavy atom. The molecule has 29 heavy (non-hydrogen) atoms. The fourth-order valence-electron chi connectivity index (χ4n) is 3.01. The Morgan fingerprint density at radius 1 is 1.28 bits per heavy atom. The smallest absolute Gasteiger partial charge is 0.403 e. The summed E-state index contributed by atoms with van der Waals surface area (Å²) in [5.41, 5.74) is 0.836. The maximum atomic E-state index is 13.0. The first-order valence-corrected chi connectivity index (χ1v) is 9.76. The number of aromatic nitrogens is 1. The van der Waals surface area contributed by atoms with Crippen molar-refractivity contribution in [3.63, 3.8) is 0 Å². The molecule has 0 spiro atoms. The van der Waals surface area contributed by atoms with Gasteiger partial charge in [0.2, 0.25) is 5.88 Å². The number of guanidine groups is 1. The van der Waals surface area contributed by atoms with E-state index in [0.29, 0.717) is 64.3 Å². The molecule has 1 aromatic heterocycles. The molecule has 164 valence electrons. The summed E-state index contributed by atoms with van der Waals surface area (Å²) in [6.07, 6.45) is -2.55. The van der Waals surface area contributed by atoms with E-state index in [-0.39, 0.29) is 0 Å². The van der Waals surface area contributed by atoms with Gasteiger partial charge < -0.3 is 19.7 Å². The zero-order valence-corrected chi connectivity index (χ0v) is 17.2. The van der Waals surface area contributed by atoms with E-state index < -0.39 is 12.2 Å². The van der Waals surface area contributed by atoms with Gasteiger partial charge in [0.05, 0.1) is 13.2 Å². The van der Waals surface area contributed by atoms with Crippen LogP contribution in [0.5, 0.6) is 5.88 Å². The molecule has 10 heteroatoms. The van der Waals surface area contributed by atoms with E-state index in [1.54, 1.807) is 13.3 Å². The van der Waals surface area contributed by atoms with Crippen molar-refractivity contribution >= 4 is 5.96 Å². The Morgan fingerprint density at radius 2 is 2.00 bits per heavy atom. The highest BCUT2D eigenvalue weighted by Gasteiger charge is 2.41. The number of alkyl halides is 3. The second-order valence-corrected chi connectivity index (χ2v) is 6.72. The number of aliphatic imine (C=N–C) groups is 1. The molecule has 1 saturated heterocycles. The minimum absolute atomic E-state index is 0.337. The lowest BCUT2D eigenvalue weighted by molar-refractivity contribution is -0.181. The van der Waals surface area contributed by atoms with Crippen LogP contribution in [-0.2, 0) is 11.3 Å². The Labute approximate surface area is 169 Å². The standard InChI is InChI=1S/C19H30F3N5O2/c1-4-23-18(27-10-8-26(9-11-27)15(2)19(20,21)22)25-14-16-6-5-7-24-17(16)29-13-12-28-3/h5-7,15H,4,8-14H2,1-3H3,(H,23,25). The summed E-state index contributed by atoms with van der Waals surface area (Å²) < 4.78 is 49.5. The Hall–Kier alpha value is -2.07. The highest BCUT2D eigenvalue weighted by Crippen LogP contribution is 2.25. The van der Waals surface area contributed by atoms with Crippen molar-refractivity contribution in [1.82, 2.24) is 20.1 Å². The number of methoxy groups -OCH3 is 1. The summed E-state index contributed by atoms with van der Waals surface area (Å²) in [5, 5.41) is 3.22. The molecule has 0 bridgehead atoms. The minimum Gasteiger partial charge on any atom is -0.475 e. The van der Waals surface area contributed by atoms with E-state index in [1.165, 1.54) is 11.8 Å². The average Bonchev–Trinajstić information content (AvgIpc) is 2.71. The predicted molar refractivity (Wildman–Crippen MR) is 105 cm³/mol. The van der Waals surface area contributed by atoms with E-state index in [2.05, 4.69) is 15.3 Å². The average molecular weight is 417 g/mol. The van der Waals surface area contributed by atoms with Crippen LogP contribution < -0.4 is 10.1 Å². The van der Waals surface area contributed by atoms with Gasteiger partial charge in [-0.25, -0.2) is 9.98 Å². The van der Waals surface area contributed by atoms with Crippen molar-refractivity contribution in [2.45, 2.75) is 32.6 Å². The van der Waals surface area contributed by atoms with Crippen molar-refractivity contribution in [1.29, 1.82) is 0 Å². The van der Waals surface area contributed by atoms with Crippen LogP contribution in [0.1, 0.15) is 19.4 Å². The molecular formula is C19H30F3N5O2. The van der Waals surface area contributed by atoms with Crippen LogP contribution in [0.4, 0.5) is 13.2 Å². The van der Waals surface area contributed by atoms with Gasteiger partial charge in [0.15, 0.2) is 5.96 Å². The first-order chi connectivity index (χ1) is 13.9. The molecule has 2 rings (SSSR count). The number of halogens is 3. The van der Waals surface area contributed by atoms with Gasteiger partial charge in [-0.3, -0.25) is 4.90 Å². The summed E-state index contributed by atoms with van der Waals surface area (Å²) >= 11 is 0. The third-order valence-corrected chi connectivity index (χ3v) is 4.75. The van der Waals surface area contributed by atoms with Gasteiger partial charge in [-0.05, 0) is 19.9 Å². The molecule has 1 aliphatic heterocycles. The van der Waals surface area contributed by atoms with Crippen LogP contribution in [0.2, 0.25) is 0 Å². The molecule has 1 aromatic rings. The van der Waals surface area contributed by atoms with E-state index in [1.807, 2.05) is 24.0 Å². The van der Waals surface area contributed by atoms with Crippen LogP contribution in [0, 0.1) is 0 Å². The van der Waals surface area contributed by atoms with Crippen molar-refractivity contribution < 1.29 is 22.6 Å². The van der Waals surface area contributed by atoms with Gasteiger partial charge in [0.1, 0.15) is 12.6 Å². The fourth-order valence-corrected chi connectivity index (χ4v) is 3.01. The number of nitrogens with zero attached hydrogens (tertiary/aromatic N) is 4. The second kappa shape index (κ2) is 11.2. The van der Waals surface area contributed by atoms with Gasteiger partial charge in [0, 0.05) is 51.6 Å². The van der Waals surface area contributed by atoms with Crippen molar-refractivity contribution in [2.75, 3.05) is 53.0 Å². The third-order valence-electron chi connectivity index (χ3n) is 4.75. The molecule has 7 nitrogen and oxygen atoms in total. The molecule has 1 N–H and O–H groups in total. The third kappa shape index (κ3) is 7.04. The number of hydrogen-bond acceptors (Lipinski definition) is 5. The van der Waals surface area contributed by atoms with E-state index in [4.69, 9.17) is 9.47 Å². The topological polar surface area (TPSA) is 62.2 Å². The second-order valence-electron chi connectivity index (χ2n) is 6.72. The SMILES string of the molecule is CCNC(=NCc1cccnc1OCCOC)N1CCN(C(C)C(F)(F)F)CC1. The van der Waals surface area contributed by atoms with Gasteiger partial charge in [-0.1, -0.05) is 6.07 Å². The largest absolute Gasteiger partial charge is 0.475 e. The lowest BCUT2D eigenvalue weighted by atomic mass is 10.2. The monoisotopic (exact) mass is 417 g/mol. The molecule has 1 aliphatic rings. The predicted octanol–water partition coefficient (Wildman–Crippen LogP) is 2.14. The quantitative estimate of drug-likeness (QED) is 0.397. The summed E-state index contributed by atoms with van der Waals surface area (Å²) in [4.78, 5) is 12.4. The number of nitrogens with one attached hydrogen (secondary N) is 1. The Kier molecular flexibility index (Phi) is 8.97. The highest BCUT2D eigenvalue weighted by molar-refractivity contribution is 5.80. The fraction of sp³-hybridized carbons (Fsp3) is 0.684. The molecule has 2 heterocycles. The van der Waals surface area contributed by atoms with Crippen LogP contribution >= 0.6 is 0 Å². The van der Waals surface area contributed by atoms with E-state index >= 15 is 0 Å². The molecule has 1 atom stereocenters. The van der Waals surface area contributed by atoms with Crippen molar-refractivity contribution in [3.05, 3.63) is 23.9 Å². The first kappa shape index (κ1) is 23.2. The Bertz CT molecular complexity index is 649. The molecule has 0 aromatic carbocycles. The molecular weight excluding hydrogens is 387 g/mol. The molecule has 0 radical (unpaired) electrons. The molecule has 1 unspecified atom stereocenters. The number of hydrogen-bond donors (Lipinski definition) is 1. The summed E-state index contributed by atoms with van der Waals surface area (Å²) in [5.74, 6) is 1.19. The number of piperazine rings is 1. The van der Waals surface area contributed by atoms with Crippen molar-refractivity contribution in [3.8, 4) is 5.88 Å². The summed E-state index contributed by atoms with van der Waals surface area (Å²) in [6.45, 7) is 6.69. The number of ether oxygens (including phenoxy) is 2. The normalized spacial score (nSPS) is 17.3. The number of pyridine rings is 1. The highest BCUT2D eigenvalue weighted by atomic mass is 19.4. The van der Waals surface area contributed by atoms with Gasteiger partial charge in [0.25, 0.3) is 0 Å². The van der Waals surface area contributed by atoms with Crippen LogP contribution in [0.25, 0.3) is 0 Å². The maximum Gasteiger partial charge on any atom is 0.403 e. The number of rotatable bonds is 8. The van der Waals surface area contributed by atoms with E-state index in [0.717, 1.165) is 5.56 Å². The maximum absolute atomic E-state index is 13.0. The van der Waals surface area contributed by atoms with Crippen molar-refractivity contribution in [2.24, 2.45) is 4.99 Å². The zero-order valence-electron chi connectivity index (χ0n) is 17.2. The molecule has 0 saturated carbocycles.